The molecule has 1 unspecified atom stereocenters. The first-order valence-electron chi connectivity index (χ1n) is 4.87. The van der Waals surface area contributed by atoms with E-state index in [9.17, 15) is 0 Å². The van der Waals surface area contributed by atoms with E-state index >= 15 is 0 Å². The maximum atomic E-state index is 5.05. The Morgan fingerprint density at radius 3 is 2.67 bits per heavy atom. The molecule has 1 rings (SSSR count). The lowest BCUT2D eigenvalue weighted by molar-refractivity contribution is -0.00470. The van der Waals surface area contributed by atoms with Crippen LogP contribution in [0.3, 0.4) is 0 Å². The Morgan fingerprint density at radius 2 is 2.17 bits per heavy atom. The Balaban J connectivity index is 1.82. The summed E-state index contributed by atoms with van der Waals surface area (Å²) in [6.45, 7) is 8.31. The first-order valence-corrected chi connectivity index (χ1v) is 4.87. The van der Waals surface area contributed by atoms with Crippen molar-refractivity contribution < 1.29 is 4.74 Å². The molecule has 0 radical (unpaired) electrons. The fourth-order valence-electron chi connectivity index (χ4n) is 1.09. The van der Waals surface area contributed by atoms with Crippen molar-refractivity contribution in [2.45, 2.75) is 32.4 Å². The predicted octanol–water partition coefficient (Wildman–Crippen LogP) is 0.363. The SMILES string of the molecule is CCC(C)NCCNC1COC1. The second-order valence-corrected chi connectivity index (χ2v) is 3.45. The lowest BCUT2D eigenvalue weighted by Gasteiger charge is -2.27. The van der Waals surface area contributed by atoms with Crippen LogP contribution >= 0.6 is 0 Å². The molecule has 0 bridgehead atoms. The molecule has 12 heavy (non-hydrogen) atoms. The molecule has 0 aliphatic carbocycles. The van der Waals surface area contributed by atoms with Crippen LogP contribution in [0.4, 0.5) is 0 Å². The summed E-state index contributed by atoms with van der Waals surface area (Å²) in [5, 5.41) is 6.84. The molecule has 3 heteroatoms. The van der Waals surface area contributed by atoms with E-state index in [-0.39, 0.29) is 0 Å². The van der Waals surface area contributed by atoms with Crippen LogP contribution in [0, 0.1) is 0 Å². The molecule has 1 aliphatic rings. The molecule has 0 aromatic heterocycles. The molecule has 3 nitrogen and oxygen atoms in total. The normalized spacial score (nSPS) is 20.5. The molecule has 2 N–H and O–H groups in total. The molecular formula is C9H20N2O. The smallest absolute Gasteiger partial charge is 0.0643 e. The Bertz CT molecular complexity index is 108. The second-order valence-electron chi connectivity index (χ2n) is 3.45. The van der Waals surface area contributed by atoms with Gasteiger partial charge in [0.2, 0.25) is 0 Å². The summed E-state index contributed by atoms with van der Waals surface area (Å²) in [6, 6.07) is 1.26. The highest BCUT2D eigenvalue weighted by molar-refractivity contribution is 4.73. The van der Waals surface area contributed by atoms with E-state index in [4.69, 9.17) is 4.74 Å². The van der Waals surface area contributed by atoms with Gasteiger partial charge in [-0.1, -0.05) is 6.92 Å². The summed E-state index contributed by atoms with van der Waals surface area (Å²) >= 11 is 0. The maximum Gasteiger partial charge on any atom is 0.0643 e. The Labute approximate surface area is 74.9 Å². The fourth-order valence-corrected chi connectivity index (χ4v) is 1.09. The first-order chi connectivity index (χ1) is 5.83. The van der Waals surface area contributed by atoms with Crippen molar-refractivity contribution in [2.24, 2.45) is 0 Å². The minimum atomic E-state index is 0.615. The standard InChI is InChI=1S/C9H20N2O/c1-3-8(2)10-4-5-11-9-6-12-7-9/h8-11H,3-7H2,1-2H3. The van der Waals surface area contributed by atoms with Gasteiger partial charge in [-0.05, 0) is 13.3 Å². The van der Waals surface area contributed by atoms with Gasteiger partial charge in [0, 0.05) is 19.1 Å². The third-order valence-electron chi connectivity index (χ3n) is 2.30. The van der Waals surface area contributed by atoms with E-state index in [1.165, 1.54) is 6.42 Å². The van der Waals surface area contributed by atoms with Gasteiger partial charge >= 0.3 is 0 Å². The van der Waals surface area contributed by atoms with E-state index in [0.29, 0.717) is 12.1 Å². The Morgan fingerprint density at radius 1 is 1.42 bits per heavy atom. The molecule has 0 amide bonds. The zero-order chi connectivity index (χ0) is 8.81. The molecular weight excluding hydrogens is 152 g/mol. The van der Waals surface area contributed by atoms with Gasteiger partial charge in [-0.25, -0.2) is 0 Å². The number of ether oxygens (including phenoxy) is 1. The molecule has 1 atom stereocenters. The van der Waals surface area contributed by atoms with Crippen molar-refractivity contribution >= 4 is 0 Å². The van der Waals surface area contributed by atoms with Crippen molar-refractivity contribution in [3.63, 3.8) is 0 Å². The summed E-state index contributed by atoms with van der Waals surface area (Å²) < 4.78 is 5.05. The third kappa shape index (κ3) is 3.52. The number of nitrogens with one attached hydrogen (secondary N) is 2. The Hall–Kier alpha value is -0.120. The summed E-state index contributed by atoms with van der Waals surface area (Å²) in [4.78, 5) is 0. The minimum absolute atomic E-state index is 0.615. The topological polar surface area (TPSA) is 33.3 Å². The molecule has 0 aromatic rings. The van der Waals surface area contributed by atoms with Crippen molar-refractivity contribution in [3.05, 3.63) is 0 Å². The van der Waals surface area contributed by atoms with Gasteiger partial charge in [-0.3, -0.25) is 0 Å². The summed E-state index contributed by atoms with van der Waals surface area (Å²) in [7, 11) is 0. The van der Waals surface area contributed by atoms with Gasteiger partial charge in [-0.2, -0.15) is 0 Å². The summed E-state index contributed by atoms with van der Waals surface area (Å²) in [5.41, 5.74) is 0. The zero-order valence-corrected chi connectivity index (χ0v) is 8.10. The van der Waals surface area contributed by atoms with Gasteiger partial charge in [0.25, 0.3) is 0 Å². The molecule has 0 spiro atoms. The minimum Gasteiger partial charge on any atom is -0.378 e. The van der Waals surface area contributed by atoms with Crippen LogP contribution in [0.25, 0.3) is 0 Å². The van der Waals surface area contributed by atoms with E-state index in [1.54, 1.807) is 0 Å². The molecule has 1 aliphatic heterocycles. The number of hydrogen-bond acceptors (Lipinski definition) is 3. The number of hydrogen-bond donors (Lipinski definition) is 2. The average molecular weight is 172 g/mol. The van der Waals surface area contributed by atoms with E-state index in [1.807, 2.05) is 0 Å². The van der Waals surface area contributed by atoms with Crippen LogP contribution in [0.1, 0.15) is 20.3 Å². The molecule has 1 fully saturated rings. The van der Waals surface area contributed by atoms with Crippen LogP contribution in [0.15, 0.2) is 0 Å². The predicted molar refractivity (Wildman–Crippen MR) is 50.4 cm³/mol. The molecule has 1 heterocycles. The third-order valence-corrected chi connectivity index (χ3v) is 2.30. The molecule has 0 aromatic carbocycles. The first kappa shape index (κ1) is 9.96. The quantitative estimate of drug-likeness (QED) is 0.568. The van der Waals surface area contributed by atoms with Gasteiger partial charge in [0.15, 0.2) is 0 Å². The Kier molecular flexibility index (Phi) is 4.58. The van der Waals surface area contributed by atoms with E-state index < -0.39 is 0 Å². The van der Waals surface area contributed by atoms with Crippen LogP contribution in [0.5, 0.6) is 0 Å². The molecule has 72 valence electrons. The van der Waals surface area contributed by atoms with Gasteiger partial charge in [-0.15, -0.1) is 0 Å². The zero-order valence-electron chi connectivity index (χ0n) is 8.10. The van der Waals surface area contributed by atoms with Crippen LogP contribution in [-0.4, -0.2) is 38.4 Å². The van der Waals surface area contributed by atoms with Crippen molar-refractivity contribution in [2.75, 3.05) is 26.3 Å². The van der Waals surface area contributed by atoms with E-state index in [2.05, 4.69) is 24.5 Å². The van der Waals surface area contributed by atoms with Crippen molar-refractivity contribution in [1.29, 1.82) is 0 Å². The lowest BCUT2D eigenvalue weighted by atomic mass is 10.2. The van der Waals surface area contributed by atoms with Gasteiger partial charge in [0.05, 0.1) is 19.3 Å². The van der Waals surface area contributed by atoms with Crippen LogP contribution in [-0.2, 0) is 4.74 Å². The lowest BCUT2D eigenvalue weighted by Crippen LogP contribution is -2.48. The molecule has 1 saturated heterocycles. The van der Waals surface area contributed by atoms with Gasteiger partial charge < -0.3 is 15.4 Å². The monoisotopic (exact) mass is 172 g/mol. The highest BCUT2D eigenvalue weighted by Gasteiger charge is 2.16. The molecule has 0 saturated carbocycles. The van der Waals surface area contributed by atoms with Crippen molar-refractivity contribution in [3.8, 4) is 0 Å². The number of rotatable bonds is 6. The second kappa shape index (κ2) is 5.51. The van der Waals surface area contributed by atoms with E-state index in [0.717, 1.165) is 26.3 Å². The highest BCUT2D eigenvalue weighted by atomic mass is 16.5. The maximum absolute atomic E-state index is 5.05. The average Bonchev–Trinajstić information content (AvgIpc) is 2.00. The van der Waals surface area contributed by atoms with Crippen LogP contribution in [0.2, 0.25) is 0 Å². The highest BCUT2D eigenvalue weighted by Crippen LogP contribution is 1.97. The van der Waals surface area contributed by atoms with Crippen molar-refractivity contribution in [1.82, 2.24) is 10.6 Å². The van der Waals surface area contributed by atoms with Gasteiger partial charge in [0.1, 0.15) is 0 Å². The van der Waals surface area contributed by atoms with Crippen LogP contribution < -0.4 is 10.6 Å². The summed E-state index contributed by atoms with van der Waals surface area (Å²) in [6.07, 6.45) is 1.20. The summed E-state index contributed by atoms with van der Waals surface area (Å²) in [5.74, 6) is 0. The largest absolute Gasteiger partial charge is 0.378 e. The fraction of sp³-hybridized carbons (Fsp3) is 1.00.